The average Bonchev–Trinajstić information content (AvgIpc) is 3.15. The molecule has 0 saturated carbocycles. The van der Waals surface area contributed by atoms with Crippen molar-refractivity contribution in [3.8, 4) is 11.5 Å². The van der Waals surface area contributed by atoms with Gasteiger partial charge < -0.3 is 20.9 Å². The van der Waals surface area contributed by atoms with Crippen LogP contribution in [0.15, 0.2) is 28.2 Å². The molecule has 0 amide bonds. The second-order valence-electron chi connectivity index (χ2n) is 5.17. The van der Waals surface area contributed by atoms with Crippen molar-refractivity contribution in [1.29, 1.82) is 0 Å². The first-order chi connectivity index (χ1) is 10.7. The summed E-state index contributed by atoms with van der Waals surface area (Å²) >= 11 is 0. The maximum atomic E-state index is 5.80. The van der Waals surface area contributed by atoms with Crippen molar-refractivity contribution in [2.75, 3.05) is 19.9 Å². The van der Waals surface area contributed by atoms with Gasteiger partial charge >= 0.3 is 0 Å². The maximum Gasteiger partial charge on any atom is 0.231 e. The number of guanidine groups is 2. The van der Waals surface area contributed by atoms with Gasteiger partial charge in [0.1, 0.15) is 0 Å². The molecule has 1 aromatic rings. The molecule has 22 heavy (non-hydrogen) atoms. The van der Waals surface area contributed by atoms with E-state index in [1.165, 1.54) is 0 Å². The monoisotopic (exact) mass is 304 g/mol. The molecule has 0 atom stereocenters. The molecular weight excluding hydrogens is 284 g/mol. The molecule has 1 fully saturated rings. The second kappa shape index (κ2) is 6.52. The summed E-state index contributed by atoms with van der Waals surface area (Å²) in [7, 11) is 0. The van der Waals surface area contributed by atoms with Crippen LogP contribution in [0.25, 0.3) is 0 Å². The fraction of sp³-hybridized carbons (Fsp3) is 0.429. The summed E-state index contributed by atoms with van der Waals surface area (Å²) in [5.41, 5.74) is 15.5. The molecule has 1 aromatic carbocycles. The number of hydrogen-bond donors (Lipinski definition) is 3. The van der Waals surface area contributed by atoms with Gasteiger partial charge in [-0.1, -0.05) is 6.07 Å². The number of rotatable bonds is 3. The molecule has 0 radical (unpaired) electrons. The highest BCUT2D eigenvalue weighted by molar-refractivity contribution is 5.93. The Labute approximate surface area is 128 Å². The van der Waals surface area contributed by atoms with Crippen LogP contribution in [0.4, 0.5) is 0 Å². The molecule has 3 rings (SSSR count). The predicted molar refractivity (Wildman–Crippen MR) is 83.5 cm³/mol. The Morgan fingerprint density at radius 3 is 2.77 bits per heavy atom. The van der Waals surface area contributed by atoms with E-state index in [1.807, 2.05) is 23.2 Å². The van der Waals surface area contributed by atoms with Crippen molar-refractivity contribution in [3.63, 3.8) is 0 Å². The Kier molecular flexibility index (Phi) is 4.29. The number of benzene rings is 1. The van der Waals surface area contributed by atoms with Crippen LogP contribution in [0.3, 0.4) is 0 Å². The lowest BCUT2D eigenvalue weighted by Crippen LogP contribution is -2.45. The first kappa shape index (κ1) is 14.5. The van der Waals surface area contributed by atoms with Gasteiger partial charge in [-0.25, -0.2) is 10.0 Å². The molecule has 2 aliphatic rings. The number of fused-ring (bicyclic) bond motifs is 1. The third-order valence-corrected chi connectivity index (χ3v) is 3.47. The molecule has 5 N–H and O–H groups in total. The first-order valence-corrected chi connectivity index (χ1v) is 7.25. The van der Waals surface area contributed by atoms with Gasteiger partial charge in [-0.2, -0.15) is 4.99 Å². The molecule has 8 heteroatoms. The Morgan fingerprint density at radius 1 is 1.18 bits per heavy atom. The van der Waals surface area contributed by atoms with E-state index in [2.05, 4.69) is 15.4 Å². The van der Waals surface area contributed by atoms with Crippen LogP contribution in [0.5, 0.6) is 11.5 Å². The molecule has 118 valence electrons. The highest BCUT2D eigenvalue weighted by atomic mass is 16.7. The number of ether oxygens (including phenoxy) is 2. The fourth-order valence-electron chi connectivity index (χ4n) is 2.39. The molecule has 0 aliphatic carbocycles. The molecule has 0 unspecified atom stereocenters. The highest BCUT2D eigenvalue weighted by Crippen LogP contribution is 2.32. The molecular formula is C14H20N6O2. The van der Waals surface area contributed by atoms with Crippen molar-refractivity contribution in [3.05, 3.63) is 23.8 Å². The molecule has 0 aromatic heterocycles. The Hall–Kier alpha value is -2.48. The van der Waals surface area contributed by atoms with Crippen LogP contribution in [-0.2, 0) is 6.54 Å². The van der Waals surface area contributed by atoms with Gasteiger partial charge in [0.05, 0.1) is 6.54 Å². The normalized spacial score (nSPS) is 18.7. The minimum atomic E-state index is 0.141. The predicted octanol–water partition coefficient (Wildman–Crippen LogP) is 0.145. The van der Waals surface area contributed by atoms with Crippen molar-refractivity contribution >= 4 is 11.9 Å². The van der Waals surface area contributed by atoms with Gasteiger partial charge in [-0.3, -0.25) is 5.43 Å². The van der Waals surface area contributed by atoms with Gasteiger partial charge in [-0.05, 0) is 30.5 Å². The lowest BCUT2D eigenvalue weighted by molar-refractivity contribution is 0.174. The van der Waals surface area contributed by atoms with E-state index < -0.39 is 0 Å². The van der Waals surface area contributed by atoms with Crippen molar-refractivity contribution < 1.29 is 9.47 Å². The number of nitrogens with one attached hydrogen (secondary N) is 1. The van der Waals surface area contributed by atoms with Crippen LogP contribution in [-0.4, -0.2) is 36.8 Å². The van der Waals surface area contributed by atoms with Gasteiger partial charge in [0, 0.05) is 13.1 Å². The zero-order valence-corrected chi connectivity index (χ0v) is 12.3. The number of nitrogens with zero attached hydrogens (tertiary/aromatic N) is 3. The standard InChI is InChI=1S/C14H20N6O2/c15-13(18-14(16)19-20-5-1-2-6-20)17-8-10-3-4-11-12(7-10)22-9-21-11/h3-4,7H,1-2,5-6,8-9H2,(H5,15,16,17,18,19). The second-order valence-corrected chi connectivity index (χ2v) is 5.17. The summed E-state index contributed by atoms with van der Waals surface area (Å²) in [5.74, 6) is 1.87. The third kappa shape index (κ3) is 3.59. The van der Waals surface area contributed by atoms with Crippen molar-refractivity contribution in [2.45, 2.75) is 19.4 Å². The summed E-state index contributed by atoms with van der Waals surface area (Å²) in [6.07, 6.45) is 2.32. The quantitative estimate of drug-likeness (QED) is 0.541. The van der Waals surface area contributed by atoms with Crippen LogP contribution >= 0.6 is 0 Å². The molecule has 0 spiro atoms. The number of hydrogen-bond acceptors (Lipinski definition) is 4. The summed E-state index contributed by atoms with van der Waals surface area (Å²) in [6, 6.07) is 5.66. The Balaban J connectivity index is 1.57. The van der Waals surface area contributed by atoms with E-state index in [4.69, 9.17) is 20.9 Å². The zero-order chi connectivity index (χ0) is 15.4. The third-order valence-electron chi connectivity index (χ3n) is 3.47. The van der Waals surface area contributed by atoms with E-state index in [0.717, 1.165) is 43.0 Å². The Morgan fingerprint density at radius 2 is 1.95 bits per heavy atom. The number of aliphatic imine (C=N–C) groups is 2. The van der Waals surface area contributed by atoms with Gasteiger partial charge in [0.15, 0.2) is 11.5 Å². The minimum Gasteiger partial charge on any atom is -0.454 e. The summed E-state index contributed by atoms with van der Waals surface area (Å²) in [6.45, 7) is 2.59. The molecule has 2 aliphatic heterocycles. The average molecular weight is 304 g/mol. The summed E-state index contributed by atoms with van der Waals surface area (Å²) in [4.78, 5) is 8.25. The van der Waals surface area contributed by atoms with Crippen LogP contribution in [0.2, 0.25) is 0 Å². The topological polar surface area (TPSA) is 110 Å². The number of nitrogens with two attached hydrogens (primary N) is 2. The SMILES string of the molecule is NC(=NCc1ccc2c(c1)OCO2)N=C(N)NN1CCCC1. The molecule has 2 heterocycles. The van der Waals surface area contributed by atoms with E-state index in [-0.39, 0.29) is 18.7 Å². The number of hydrazine groups is 1. The lowest BCUT2D eigenvalue weighted by atomic mass is 10.2. The largest absolute Gasteiger partial charge is 0.454 e. The van der Waals surface area contributed by atoms with E-state index >= 15 is 0 Å². The molecule has 8 nitrogen and oxygen atoms in total. The van der Waals surface area contributed by atoms with Crippen molar-refractivity contribution in [1.82, 2.24) is 10.4 Å². The molecule has 0 bridgehead atoms. The lowest BCUT2D eigenvalue weighted by Gasteiger charge is -2.16. The van der Waals surface area contributed by atoms with Gasteiger partial charge in [0.25, 0.3) is 0 Å². The smallest absolute Gasteiger partial charge is 0.231 e. The van der Waals surface area contributed by atoms with Gasteiger partial charge in [0.2, 0.25) is 18.7 Å². The van der Waals surface area contributed by atoms with E-state index in [0.29, 0.717) is 6.54 Å². The van der Waals surface area contributed by atoms with E-state index in [1.54, 1.807) is 0 Å². The van der Waals surface area contributed by atoms with Crippen molar-refractivity contribution in [2.24, 2.45) is 21.5 Å². The van der Waals surface area contributed by atoms with E-state index in [9.17, 15) is 0 Å². The zero-order valence-electron chi connectivity index (χ0n) is 12.3. The Bertz CT molecular complexity index is 595. The summed E-state index contributed by atoms with van der Waals surface area (Å²) < 4.78 is 10.6. The van der Waals surface area contributed by atoms with Gasteiger partial charge in [-0.15, -0.1) is 0 Å². The van der Waals surface area contributed by atoms with Crippen LogP contribution in [0, 0.1) is 0 Å². The molecule has 1 saturated heterocycles. The van der Waals surface area contributed by atoms with Crippen LogP contribution in [0.1, 0.15) is 18.4 Å². The fourth-order valence-corrected chi connectivity index (χ4v) is 2.39. The summed E-state index contributed by atoms with van der Waals surface area (Å²) in [5, 5.41) is 2.02. The first-order valence-electron chi connectivity index (χ1n) is 7.25. The maximum absolute atomic E-state index is 5.80. The highest BCUT2D eigenvalue weighted by Gasteiger charge is 2.13. The minimum absolute atomic E-state index is 0.141. The van der Waals surface area contributed by atoms with Crippen LogP contribution < -0.4 is 26.4 Å².